The van der Waals surface area contributed by atoms with E-state index in [4.69, 9.17) is 0 Å². The average molecular weight is 351 g/mol. The second-order valence-electron chi connectivity index (χ2n) is 7.20. The van der Waals surface area contributed by atoms with Crippen molar-refractivity contribution in [3.8, 4) is 0 Å². The molecular formula is C22H29N3O. The van der Waals surface area contributed by atoms with Crippen LogP contribution in [0, 0.1) is 5.92 Å². The van der Waals surface area contributed by atoms with E-state index in [9.17, 15) is 4.79 Å². The van der Waals surface area contributed by atoms with Gasteiger partial charge in [-0.25, -0.2) is 0 Å². The van der Waals surface area contributed by atoms with E-state index < -0.39 is 0 Å². The van der Waals surface area contributed by atoms with Crippen LogP contribution in [0.15, 0.2) is 48.7 Å². The van der Waals surface area contributed by atoms with Gasteiger partial charge in [-0.2, -0.15) is 0 Å². The van der Waals surface area contributed by atoms with E-state index in [-0.39, 0.29) is 5.91 Å². The molecule has 3 rings (SSSR count). The van der Waals surface area contributed by atoms with Crippen molar-refractivity contribution in [2.75, 3.05) is 19.6 Å². The van der Waals surface area contributed by atoms with Crippen LogP contribution in [0.2, 0.25) is 0 Å². The number of aromatic nitrogens is 1. The lowest BCUT2D eigenvalue weighted by Gasteiger charge is -2.31. The molecule has 4 nitrogen and oxygen atoms in total. The van der Waals surface area contributed by atoms with Crippen LogP contribution in [-0.2, 0) is 13.0 Å². The Bertz CT molecular complexity index is 676. The maximum Gasteiger partial charge on any atom is 0.251 e. The van der Waals surface area contributed by atoms with Crippen LogP contribution in [0.1, 0.15) is 47.8 Å². The second kappa shape index (κ2) is 9.48. The minimum Gasteiger partial charge on any atom is -0.352 e. The topological polar surface area (TPSA) is 45.2 Å². The smallest absolute Gasteiger partial charge is 0.251 e. The molecule has 0 unspecified atom stereocenters. The Morgan fingerprint density at radius 2 is 1.92 bits per heavy atom. The number of carbonyl (C=O) groups excluding carboxylic acids is 1. The van der Waals surface area contributed by atoms with Crippen LogP contribution < -0.4 is 5.32 Å². The van der Waals surface area contributed by atoms with Gasteiger partial charge in [-0.3, -0.25) is 14.7 Å². The van der Waals surface area contributed by atoms with Gasteiger partial charge in [0.2, 0.25) is 0 Å². The molecule has 2 aromatic rings. The highest BCUT2D eigenvalue weighted by Crippen LogP contribution is 2.18. The number of aryl methyl sites for hydroxylation is 1. The van der Waals surface area contributed by atoms with E-state index in [1.165, 1.54) is 5.56 Å². The van der Waals surface area contributed by atoms with Crippen molar-refractivity contribution < 1.29 is 4.79 Å². The van der Waals surface area contributed by atoms with E-state index in [1.807, 2.05) is 30.5 Å². The first kappa shape index (κ1) is 18.6. The van der Waals surface area contributed by atoms with Gasteiger partial charge in [-0.1, -0.05) is 31.5 Å². The fourth-order valence-corrected chi connectivity index (χ4v) is 3.52. The Morgan fingerprint density at radius 1 is 1.15 bits per heavy atom. The molecule has 1 N–H and O–H groups in total. The molecule has 0 spiro atoms. The number of amides is 1. The van der Waals surface area contributed by atoms with Gasteiger partial charge in [-0.05, 0) is 68.1 Å². The van der Waals surface area contributed by atoms with E-state index in [0.29, 0.717) is 5.92 Å². The molecule has 1 aromatic carbocycles. The highest BCUT2D eigenvalue weighted by Gasteiger charge is 2.20. The summed E-state index contributed by atoms with van der Waals surface area (Å²) in [5.41, 5.74) is 3.19. The maximum atomic E-state index is 12.3. The molecule has 0 radical (unpaired) electrons. The molecule has 1 fully saturated rings. The Labute approximate surface area is 156 Å². The van der Waals surface area contributed by atoms with Crippen LogP contribution in [-0.4, -0.2) is 35.4 Å². The SMILES string of the molecule is CCCc1ccc(C(=O)NCC2CCN(Cc3ccccn3)CC2)cc1. The number of nitrogens with zero attached hydrogens (tertiary/aromatic N) is 2. The normalized spacial score (nSPS) is 15.7. The summed E-state index contributed by atoms with van der Waals surface area (Å²) in [6.07, 6.45) is 6.31. The fraction of sp³-hybridized carbons (Fsp3) is 0.455. The van der Waals surface area contributed by atoms with Gasteiger partial charge in [0, 0.05) is 24.8 Å². The van der Waals surface area contributed by atoms with Crippen LogP contribution in [0.5, 0.6) is 0 Å². The predicted octanol–water partition coefficient (Wildman–Crippen LogP) is 3.68. The van der Waals surface area contributed by atoms with Gasteiger partial charge < -0.3 is 5.32 Å². The number of carbonyl (C=O) groups is 1. The largest absolute Gasteiger partial charge is 0.352 e. The number of pyridine rings is 1. The molecule has 0 saturated carbocycles. The Morgan fingerprint density at radius 3 is 2.58 bits per heavy atom. The van der Waals surface area contributed by atoms with E-state index in [0.717, 1.165) is 63.1 Å². The van der Waals surface area contributed by atoms with E-state index in [1.54, 1.807) is 0 Å². The Kier molecular flexibility index (Phi) is 6.78. The molecule has 0 bridgehead atoms. The molecule has 26 heavy (non-hydrogen) atoms. The summed E-state index contributed by atoms with van der Waals surface area (Å²) in [6.45, 7) is 6.00. The third kappa shape index (κ3) is 5.40. The van der Waals surface area contributed by atoms with Gasteiger partial charge in [0.15, 0.2) is 0 Å². The summed E-state index contributed by atoms with van der Waals surface area (Å²) in [4.78, 5) is 19.2. The summed E-state index contributed by atoms with van der Waals surface area (Å²) in [6, 6.07) is 14.1. The zero-order chi connectivity index (χ0) is 18.2. The molecule has 0 atom stereocenters. The van der Waals surface area contributed by atoms with E-state index in [2.05, 4.69) is 40.3 Å². The zero-order valence-corrected chi connectivity index (χ0v) is 15.7. The predicted molar refractivity (Wildman–Crippen MR) is 105 cm³/mol. The van der Waals surface area contributed by atoms with Crippen molar-refractivity contribution in [1.82, 2.24) is 15.2 Å². The molecule has 138 valence electrons. The van der Waals surface area contributed by atoms with Gasteiger partial charge in [0.05, 0.1) is 5.69 Å². The van der Waals surface area contributed by atoms with E-state index >= 15 is 0 Å². The summed E-state index contributed by atoms with van der Waals surface area (Å²) < 4.78 is 0. The van der Waals surface area contributed by atoms with Gasteiger partial charge in [-0.15, -0.1) is 0 Å². The monoisotopic (exact) mass is 351 g/mol. The molecule has 1 amide bonds. The number of benzene rings is 1. The highest BCUT2D eigenvalue weighted by molar-refractivity contribution is 5.94. The third-order valence-corrected chi connectivity index (χ3v) is 5.12. The second-order valence-corrected chi connectivity index (χ2v) is 7.20. The van der Waals surface area contributed by atoms with Crippen LogP contribution >= 0.6 is 0 Å². The average Bonchev–Trinajstić information content (AvgIpc) is 2.69. The number of hydrogen-bond donors (Lipinski definition) is 1. The lowest BCUT2D eigenvalue weighted by Crippen LogP contribution is -2.38. The minimum atomic E-state index is 0.0453. The van der Waals surface area contributed by atoms with Crippen LogP contribution in [0.25, 0.3) is 0 Å². The first-order valence-corrected chi connectivity index (χ1v) is 9.74. The third-order valence-electron chi connectivity index (χ3n) is 5.12. The Balaban J connectivity index is 1.40. The summed E-state index contributed by atoms with van der Waals surface area (Å²) in [7, 11) is 0. The molecule has 4 heteroatoms. The Hall–Kier alpha value is -2.20. The van der Waals surface area contributed by atoms with Crippen molar-refractivity contribution in [2.24, 2.45) is 5.92 Å². The summed E-state index contributed by atoms with van der Waals surface area (Å²) >= 11 is 0. The van der Waals surface area contributed by atoms with Crippen LogP contribution in [0.3, 0.4) is 0 Å². The van der Waals surface area contributed by atoms with Gasteiger partial charge in [0.25, 0.3) is 5.91 Å². The summed E-state index contributed by atoms with van der Waals surface area (Å²) in [5.74, 6) is 0.613. The number of likely N-dealkylation sites (tertiary alicyclic amines) is 1. The first-order valence-electron chi connectivity index (χ1n) is 9.74. The van der Waals surface area contributed by atoms with Crippen LogP contribution in [0.4, 0.5) is 0 Å². The number of nitrogens with one attached hydrogen (secondary N) is 1. The number of hydrogen-bond acceptors (Lipinski definition) is 3. The number of piperidine rings is 1. The lowest BCUT2D eigenvalue weighted by atomic mass is 9.96. The standard InChI is InChI=1S/C22H29N3O/c1-2-5-18-7-9-20(10-8-18)22(26)24-16-19-11-14-25(15-12-19)17-21-6-3-4-13-23-21/h3-4,6-10,13,19H,2,5,11-12,14-17H2,1H3,(H,24,26). The molecule has 1 saturated heterocycles. The fourth-order valence-electron chi connectivity index (χ4n) is 3.52. The van der Waals surface area contributed by atoms with Crippen molar-refractivity contribution in [3.63, 3.8) is 0 Å². The zero-order valence-electron chi connectivity index (χ0n) is 15.7. The van der Waals surface area contributed by atoms with Crippen molar-refractivity contribution in [2.45, 2.75) is 39.2 Å². The molecule has 1 aromatic heterocycles. The molecular weight excluding hydrogens is 322 g/mol. The first-order chi connectivity index (χ1) is 12.7. The maximum absolute atomic E-state index is 12.3. The molecule has 0 aliphatic carbocycles. The minimum absolute atomic E-state index is 0.0453. The van der Waals surface area contributed by atoms with Crippen molar-refractivity contribution in [3.05, 3.63) is 65.5 Å². The number of rotatable bonds is 7. The van der Waals surface area contributed by atoms with Gasteiger partial charge in [0.1, 0.15) is 0 Å². The summed E-state index contributed by atoms with van der Waals surface area (Å²) in [5, 5.41) is 3.11. The highest BCUT2D eigenvalue weighted by atomic mass is 16.1. The molecule has 1 aliphatic heterocycles. The van der Waals surface area contributed by atoms with Crippen molar-refractivity contribution >= 4 is 5.91 Å². The van der Waals surface area contributed by atoms with Crippen molar-refractivity contribution in [1.29, 1.82) is 0 Å². The molecule has 1 aliphatic rings. The van der Waals surface area contributed by atoms with Gasteiger partial charge >= 0.3 is 0 Å². The lowest BCUT2D eigenvalue weighted by molar-refractivity contribution is 0.0935. The molecule has 2 heterocycles. The quantitative estimate of drug-likeness (QED) is 0.828.